The molecule has 35 heavy (non-hydrogen) atoms. The molecule has 1 aromatic carbocycles. The molecule has 0 radical (unpaired) electrons. The van der Waals surface area contributed by atoms with E-state index in [0.29, 0.717) is 56.3 Å². The highest BCUT2D eigenvalue weighted by atomic mass is 16.5. The van der Waals surface area contributed by atoms with Gasteiger partial charge in [0.25, 0.3) is 0 Å². The molecule has 2 aliphatic heterocycles. The van der Waals surface area contributed by atoms with Gasteiger partial charge in [0.2, 0.25) is 0 Å². The number of rotatable bonds is 8. The van der Waals surface area contributed by atoms with E-state index in [0.717, 1.165) is 5.56 Å². The van der Waals surface area contributed by atoms with E-state index in [4.69, 9.17) is 9.47 Å². The molecule has 2 atom stereocenters. The summed E-state index contributed by atoms with van der Waals surface area (Å²) in [7, 11) is 1.59. The highest BCUT2D eigenvalue weighted by molar-refractivity contribution is 5.95. The van der Waals surface area contributed by atoms with Crippen LogP contribution in [-0.4, -0.2) is 91.8 Å². The first kappa shape index (κ1) is 26.3. The van der Waals surface area contributed by atoms with Crippen molar-refractivity contribution in [3.05, 3.63) is 41.1 Å². The van der Waals surface area contributed by atoms with Gasteiger partial charge in [-0.25, -0.2) is 14.4 Å². The molecule has 0 unspecified atom stereocenters. The Labute approximate surface area is 207 Å². The lowest BCUT2D eigenvalue weighted by atomic mass is 9.94. The van der Waals surface area contributed by atoms with E-state index in [2.05, 4.69) is 15.5 Å². The normalized spacial score (nSPS) is 21.0. The molecule has 10 heteroatoms. The predicted molar refractivity (Wildman–Crippen MR) is 132 cm³/mol. The van der Waals surface area contributed by atoms with Crippen molar-refractivity contribution in [2.75, 3.05) is 53.0 Å². The number of methoxy groups -OCH3 is 1. The summed E-state index contributed by atoms with van der Waals surface area (Å²) < 4.78 is 10.7. The molecule has 2 N–H and O–H groups in total. The third kappa shape index (κ3) is 5.87. The lowest BCUT2D eigenvalue weighted by molar-refractivity contribution is -0.139. The van der Waals surface area contributed by atoms with Crippen LogP contribution in [0.3, 0.4) is 0 Å². The number of benzene rings is 1. The van der Waals surface area contributed by atoms with Crippen molar-refractivity contribution in [1.82, 2.24) is 25.3 Å². The number of ether oxygens (including phenoxy) is 2. The summed E-state index contributed by atoms with van der Waals surface area (Å²) in [6, 6.07) is 6.32. The number of nitrogens with zero attached hydrogens (tertiary/aromatic N) is 3. The Hall–Kier alpha value is -3.27. The second kappa shape index (κ2) is 11.9. The van der Waals surface area contributed by atoms with Crippen LogP contribution in [0.25, 0.3) is 0 Å². The molecule has 4 amide bonds. The number of piperazine rings is 1. The van der Waals surface area contributed by atoms with Crippen molar-refractivity contribution in [3.8, 4) is 5.75 Å². The van der Waals surface area contributed by atoms with Crippen LogP contribution in [0.15, 0.2) is 35.5 Å². The number of hydrogen-bond donors (Lipinski definition) is 2. The van der Waals surface area contributed by atoms with Gasteiger partial charge >= 0.3 is 18.0 Å². The molecule has 192 valence electrons. The summed E-state index contributed by atoms with van der Waals surface area (Å²) in [5, 5.41) is 5.84. The minimum atomic E-state index is -0.640. The smallest absolute Gasteiger partial charge is 0.338 e. The van der Waals surface area contributed by atoms with Gasteiger partial charge in [-0.2, -0.15) is 0 Å². The number of carbonyl (C=O) groups is 3. The number of hydrogen-bond acceptors (Lipinski definition) is 6. The van der Waals surface area contributed by atoms with Crippen LogP contribution in [0.2, 0.25) is 0 Å². The maximum absolute atomic E-state index is 13.2. The van der Waals surface area contributed by atoms with E-state index in [1.54, 1.807) is 31.1 Å². The first-order valence-electron chi connectivity index (χ1n) is 12.2. The van der Waals surface area contributed by atoms with Crippen molar-refractivity contribution >= 4 is 18.0 Å². The van der Waals surface area contributed by atoms with Gasteiger partial charge in [0.15, 0.2) is 0 Å². The maximum Gasteiger partial charge on any atom is 0.338 e. The summed E-state index contributed by atoms with van der Waals surface area (Å²) in [4.78, 5) is 44.3. The SMILES string of the molecule is CCNC(=O)N1CCN(CC2=C(C(=O)OCC)[C@@H](c3ccc(OC)cc3)NC(=O)N2CC)C[C@H]1C. The highest BCUT2D eigenvalue weighted by Gasteiger charge is 2.39. The molecule has 0 aromatic heterocycles. The fourth-order valence-corrected chi connectivity index (χ4v) is 4.65. The fourth-order valence-electron chi connectivity index (χ4n) is 4.65. The molecular formula is C25H37N5O5. The van der Waals surface area contributed by atoms with Crippen LogP contribution in [0.4, 0.5) is 9.59 Å². The fraction of sp³-hybridized carbons (Fsp3) is 0.560. The minimum Gasteiger partial charge on any atom is -0.497 e. The average Bonchev–Trinajstić information content (AvgIpc) is 2.84. The van der Waals surface area contributed by atoms with Gasteiger partial charge in [-0.15, -0.1) is 0 Å². The topological polar surface area (TPSA) is 103 Å². The van der Waals surface area contributed by atoms with Crippen LogP contribution in [-0.2, 0) is 9.53 Å². The zero-order chi connectivity index (χ0) is 25.5. The van der Waals surface area contributed by atoms with E-state index in [1.165, 1.54) is 0 Å². The second-order valence-electron chi connectivity index (χ2n) is 8.59. The maximum atomic E-state index is 13.2. The summed E-state index contributed by atoms with van der Waals surface area (Å²) >= 11 is 0. The molecule has 1 saturated heterocycles. The molecule has 0 aliphatic carbocycles. The number of likely N-dealkylation sites (N-methyl/N-ethyl adjacent to an activating group) is 1. The lowest BCUT2D eigenvalue weighted by Gasteiger charge is -2.42. The van der Waals surface area contributed by atoms with Crippen molar-refractivity contribution < 1.29 is 23.9 Å². The van der Waals surface area contributed by atoms with E-state index in [-0.39, 0.29) is 24.7 Å². The quantitative estimate of drug-likeness (QED) is 0.546. The van der Waals surface area contributed by atoms with Crippen LogP contribution >= 0.6 is 0 Å². The molecule has 1 fully saturated rings. The van der Waals surface area contributed by atoms with Crippen LogP contribution in [0.5, 0.6) is 5.75 Å². The summed E-state index contributed by atoms with van der Waals surface area (Å²) in [6.07, 6.45) is 0. The number of urea groups is 2. The third-order valence-corrected chi connectivity index (χ3v) is 6.37. The molecule has 10 nitrogen and oxygen atoms in total. The molecule has 0 saturated carbocycles. The first-order chi connectivity index (χ1) is 16.8. The van der Waals surface area contributed by atoms with Gasteiger partial charge in [-0.1, -0.05) is 12.1 Å². The number of amides is 4. The van der Waals surface area contributed by atoms with Crippen molar-refractivity contribution in [2.45, 2.75) is 39.8 Å². The standard InChI is InChI=1S/C25H37N5O5/c1-6-26-24(32)30-14-13-28(15-17(30)4)16-20-21(23(31)35-8-3)22(27-25(33)29(20)7-2)18-9-11-19(34-5)12-10-18/h9-12,17,22H,6-8,13-16H2,1-5H3,(H,26,32)(H,27,33)/t17-,22-/m1/s1. The van der Waals surface area contributed by atoms with Gasteiger partial charge in [0.05, 0.1) is 25.3 Å². The average molecular weight is 488 g/mol. The molecule has 1 aromatic rings. The molecular weight excluding hydrogens is 450 g/mol. The number of nitrogens with one attached hydrogen (secondary N) is 2. The predicted octanol–water partition coefficient (Wildman–Crippen LogP) is 2.33. The van der Waals surface area contributed by atoms with Crippen LogP contribution < -0.4 is 15.4 Å². The van der Waals surface area contributed by atoms with Gasteiger partial charge in [-0.3, -0.25) is 9.80 Å². The van der Waals surface area contributed by atoms with Gasteiger partial charge in [0, 0.05) is 51.0 Å². The minimum absolute atomic E-state index is 0.00757. The molecule has 2 heterocycles. The Morgan fingerprint density at radius 2 is 1.86 bits per heavy atom. The van der Waals surface area contributed by atoms with E-state index >= 15 is 0 Å². The zero-order valence-electron chi connectivity index (χ0n) is 21.3. The van der Waals surface area contributed by atoms with Gasteiger partial charge < -0.3 is 25.0 Å². The Bertz CT molecular complexity index is 948. The largest absolute Gasteiger partial charge is 0.497 e. The Balaban J connectivity index is 1.96. The van der Waals surface area contributed by atoms with Crippen LogP contribution in [0.1, 0.15) is 39.3 Å². The Morgan fingerprint density at radius 1 is 1.14 bits per heavy atom. The van der Waals surface area contributed by atoms with E-state index < -0.39 is 12.0 Å². The van der Waals surface area contributed by atoms with Crippen molar-refractivity contribution in [2.24, 2.45) is 0 Å². The Kier molecular flexibility index (Phi) is 8.97. The zero-order valence-corrected chi connectivity index (χ0v) is 21.3. The van der Waals surface area contributed by atoms with E-state index in [9.17, 15) is 14.4 Å². The molecule has 2 aliphatic rings. The van der Waals surface area contributed by atoms with E-state index in [1.807, 2.05) is 37.8 Å². The second-order valence-corrected chi connectivity index (χ2v) is 8.59. The summed E-state index contributed by atoms with van der Waals surface area (Å²) in [5.41, 5.74) is 1.83. The first-order valence-corrected chi connectivity index (χ1v) is 12.2. The highest BCUT2D eigenvalue weighted by Crippen LogP contribution is 2.33. The summed E-state index contributed by atoms with van der Waals surface area (Å²) in [6.45, 7) is 11.0. The third-order valence-electron chi connectivity index (χ3n) is 6.37. The number of carbonyl (C=O) groups excluding carboxylic acids is 3. The van der Waals surface area contributed by atoms with Crippen molar-refractivity contribution in [3.63, 3.8) is 0 Å². The van der Waals surface area contributed by atoms with Gasteiger partial charge in [0.1, 0.15) is 5.75 Å². The molecule has 0 bridgehead atoms. The van der Waals surface area contributed by atoms with Crippen molar-refractivity contribution in [1.29, 1.82) is 0 Å². The Morgan fingerprint density at radius 3 is 2.43 bits per heavy atom. The summed E-state index contributed by atoms with van der Waals surface area (Å²) in [5.74, 6) is 0.239. The monoisotopic (exact) mass is 487 g/mol. The van der Waals surface area contributed by atoms with Crippen LogP contribution in [0, 0.1) is 0 Å². The lowest BCUT2D eigenvalue weighted by Crippen LogP contribution is -2.58. The molecule has 3 rings (SSSR count). The molecule has 0 spiro atoms. The number of esters is 1. The van der Waals surface area contributed by atoms with Gasteiger partial charge in [-0.05, 0) is 45.4 Å².